The molecule has 5 heterocycles. The van der Waals surface area contributed by atoms with E-state index < -0.39 is 0 Å². The molecule has 2 bridgehead atoms. The lowest BCUT2D eigenvalue weighted by Gasteiger charge is -2.32. The highest BCUT2D eigenvalue weighted by atomic mass is 32.1. The number of aromatic amines is 1. The van der Waals surface area contributed by atoms with E-state index in [0.29, 0.717) is 18.1 Å². The molecule has 3 aliphatic rings. The van der Waals surface area contributed by atoms with Gasteiger partial charge in [0.15, 0.2) is 5.01 Å². The van der Waals surface area contributed by atoms with Crippen molar-refractivity contribution >= 4 is 34.4 Å². The van der Waals surface area contributed by atoms with Crippen LogP contribution in [0, 0.1) is 16.7 Å². The highest BCUT2D eigenvalue weighted by Crippen LogP contribution is 2.38. The normalized spacial score (nSPS) is 22.0. The fraction of sp³-hybridized carbons (Fsp3) is 0.375. The maximum atomic E-state index is 9.07. The van der Waals surface area contributed by atoms with Gasteiger partial charge in [-0.15, -0.1) is 10.2 Å². The van der Waals surface area contributed by atoms with E-state index in [9.17, 15) is 0 Å². The number of nitrogens with one attached hydrogen (secondary N) is 4. The van der Waals surface area contributed by atoms with Gasteiger partial charge in [0.2, 0.25) is 5.13 Å². The third-order valence-electron chi connectivity index (χ3n) is 6.55. The summed E-state index contributed by atoms with van der Waals surface area (Å²) >= 11 is 1.63. The molecule has 3 fully saturated rings. The van der Waals surface area contributed by atoms with Gasteiger partial charge in [-0.3, -0.25) is 4.98 Å². The zero-order chi connectivity index (χ0) is 23.1. The van der Waals surface area contributed by atoms with Gasteiger partial charge in [0.05, 0.1) is 22.5 Å². The predicted molar refractivity (Wildman–Crippen MR) is 134 cm³/mol. The molecule has 3 aromatic rings. The van der Waals surface area contributed by atoms with Crippen molar-refractivity contribution in [2.45, 2.75) is 43.8 Å². The summed E-state index contributed by atoms with van der Waals surface area (Å²) < 4.78 is 0. The first-order chi connectivity index (χ1) is 16.7. The van der Waals surface area contributed by atoms with Crippen LogP contribution in [0.15, 0.2) is 30.0 Å². The Kier molecular flexibility index (Phi) is 5.36. The Morgan fingerprint density at radius 2 is 2.03 bits per heavy atom. The molecule has 9 nitrogen and oxygen atoms in total. The van der Waals surface area contributed by atoms with Gasteiger partial charge in [-0.25, -0.2) is 0 Å². The molecule has 1 aliphatic carbocycles. The summed E-state index contributed by atoms with van der Waals surface area (Å²) in [7, 11) is 0. The van der Waals surface area contributed by atoms with Gasteiger partial charge in [-0.2, -0.15) is 5.26 Å². The third kappa shape index (κ3) is 4.20. The Hall–Kier alpha value is -3.55. The first-order valence-corrected chi connectivity index (χ1v) is 12.4. The van der Waals surface area contributed by atoms with E-state index in [1.807, 2.05) is 24.4 Å². The largest absolute Gasteiger partial charge is 0.382 e. The van der Waals surface area contributed by atoms with Crippen LogP contribution in [-0.4, -0.2) is 57.6 Å². The molecule has 3 aromatic heterocycles. The fourth-order valence-electron chi connectivity index (χ4n) is 4.66. The molecule has 2 aliphatic heterocycles. The Morgan fingerprint density at radius 3 is 2.76 bits per heavy atom. The van der Waals surface area contributed by atoms with Gasteiger partial charge in [0.25, 0.3) is 0 Å². The van der Waals surface area contributed by atoms with Crippen LogP contribution in [0.2, 0.25) is 0 Å². The topological polar surface area (TPSA) is 129 Å². The summed E-state index contributed by atoms with van der Waals surface area (Å²) in [5.41, 5.74) is 4.70. The van der Waals surface area contributed by atoms with E-state index in [1.54, 1.807) is 17.4 Å². The number of fused-ring (bicyclic) bond motifs is 2. The number of allylic oxidation sites excluding steroid dienone is 1. The monoisotopic (exact) mass is 471 g/mol. The number of nitriles is 1. The number of hydrogen-bond donors (Lipinski definition) is 4. The number of nitrogens with zero attached hydrogens (tertiary/aromatic N) is 5. The summed E-state index contributed by atoms with van der Waals surface area (Å²) in [4.78, 5) is 10.4. The van der Waals surface area contributed by atoms with Crippen molar-refractivity contribution in [3.05, 3.63) is 35.7 Å². The molecule has 0 radical (unpaired) electrons. The number of piperazine rings is 1. The zero-order valence-electron chi connectivity index (χ0n) is 18.6. The molecule has 2 unspecified atom stereocenters. The minimum absolute atomic E-state index is 0.289. The average Bonchev–Trinajstić information content (AvgIpc) is 3.23. The van der Waals surface area contributed by atoms with Crippen molar-refractivity contribution in [3.63, 3.8) is 0 Å². The molecule has 6 rings (SSSR count). The number of rotatable bonds is 7. The van der Waals surface area contributed by atoms with E-state index in [2.05, 4.69) is 36.8 Å². The molecule has 1 saturated carbocycles. The summed E-state index contributed by atoms with van der Waals surface area (Å²) in [6, 6.07) is 9.48. The molecule has 0 aromatic carbocycles. The Morgan fingerprint density at radius 1 is 1.21 bits per heavy atom. The number of hydrogen-bond acceptors (Lipinski definition) is 9. The maximum absolute atomic E-state index is 9.07. The first-order valence-electron chi connectivity index (χ1n) is 11.6. The Balaban J connectivity index is 1.29. The molecular formula is C24H25N9S. The van der Waals surface area contributed by atoms with Crippen LogP contribution in [0.5, 0.6) is 0 Å². The van der Waals surface area contributed by atoms with Crippen molar-refractivity contribution in [1.29, 1.82) is 10.7 Å². The predicted octanol–water partition coefficient (Wildman–Crippen LogP) is 3.67. The second kappa shape index (κ2) is 8.66. The van der Waals surface area contributed by atoms with Gasteiger partial charge in [-0.05, 0) is 50.0 Å². The van der Waals surface area contributed by atoms with Crippen LogP contribution in [0.25, 0.3) is 28.0 Å². The van der Waals surface area contributed by atoms with E-state index in [0.717, 1.165) is 57.8 Å². The molecule has 4 N–H and O–H groups in total. The van der Waals surface area contributed by atoms with E-state index >= 15 is 0 Å². The smallest absolute Gasteiger partial charge is 0.208 e. The van der Waals surface area contributed by atoms with Crippen molar-refractivity contribution in [1.82, 2.24) is 25.5 Å². The lowest BCUT2D eigenvalue weighted by molar-refractivity contribution is 0.465. The molecular weight excluding hydrogens is 446 g/mol. The minimum Gasteiger partial charge on any atom is -0.382 e. The van der Waals surface area contributed by atoms with Crippen molar-refractivity contribution in [3.8, 4) is 28.0 Å². The van der Waals surface area contributed by atoms with Crippen molar-refractivity contribution in [2.24, 2.45) is 0 Å². The second-order valence-corrected chi connectivity index (χ2v) is 10.1. The average molecular weight is 472 g/mol. The number of pyridine rings is 1. The lowest BCUT2D eigenvalue weighted by Crippen LogP contribution is -2.51. The molecule has 0 spiro atoms. The van der Waals surface area contributed by atoms with Crippen molar-refractivity contribution in [2.75, 3.05) is 23.3 Å². The van der Waals surface area contributed by atoms with Gasteiger partial charge >= 0.3 is 0 Å². The fourth-order valence-corrected chi connectivity index (χ4v) is 5.55. The third-order valence-corrected chi connectivity index (χ3v) is 7.57. The molecule has 172 valence electrons. The lowest BCUT2D eigenvalue weighted by atomic mass is 10.2. The van der Waals surface area contributed by atoms with Gasteiger partial charge in [-0.1, -0.05) is 11.3 Å². The van der Waals surface area contributed by atoms with Crippen LogP contribution >= 0.6 is 11.3 Å². The quantitative estimate of drug-likeness (QED) is 0.306. The molecule has 34 heavy (non-hydrogen) atoms. The first kappa shape index (κ1) is 21.0. The highest BCUT2D eigenvalue weighted by molar-refractivity contribution is 7.18. The van der Waals surface area contributed by atoms with Gasteiger partial charge in [0.1, 0.15) is 6.07 Å². The summed E-state index contributed by atoms with van der Waals surface area (Å²) in [6.07, 6.45) is 9.39. The summed E-state index contributed by atoms with van der Waals surface area (Å²) in [5, 5.41) is 34.6. The number of anilines is 2. The minimum atomic E-state index is 0.289. The second-order valence-electron chi connectivity index (χ2n) is 9.15. The maximum Gasteiger partial charge on any atom is 0.208 e. The zero-order valence-corrected chi connectivity index (χ0v) is 19.4. The Labute approximate surface area is 201 Å². The summed E-state index contributed by atoms with van der Waals surface area (Å²) in [6.45, 7) is 1.98. The highest BCUT2D eigenvalue weighted by Gasteiger charge is 2.33. The van der Waals surface area contributed by atoms with E-state index in [4.69, 9.17) is 15.7 Å². The standard InChI is InChI=1S/C24H25N9S/c25-9-14(10-26)7-16-5-6-20(30-16)22-8-21(29-15-1-2-15)19(11-27-22)23-31-32-24(34-23)33-12-17-3-4-18(13-33)28-17/h5-9,11,15,17-18,25,28,30H,1-4,12-13H2,(H,27,29)/b14-7+,25-9?. The Bertz CT molecular complexity index is 1280. The molecule has 0 amide bonds. The van der Waals surface area contributed by atoms with Crippen LogP contribution < -0.4 is 15.5 Å². The SMILES string of the molecule is N#C/C(C=N)=C/c1ccc(-c2cc(NC3CC3)c(-c3nnc(N4CC5CCC(C4)N5)s3)cn2)[nH]1. The van der Waals surface area contributed by atoms with Crippen molar-refractivity contribution < 1.29 is 0 Å². The summed E-state index contributed by atoms with van der Waals surface area (Å²) in [5.74, 6) is 0. The van der Waals surface area contributed by atoms with Crippen LogP contribution in [-0.2, 0) is 0 Å². The van der Waals surface area contributed by atoms with E-state index in [1.165, 1.54) is 25.7 Å². The number of aromatic nitrogens is 4. The van der Waals surface area contributed by atoms with Crippen LogP contribution in [0.1, 0.15) is 31.4 Å². The molecule has 2 atom stereocenters. The molecule has 2 saturated heterocycles. The van der Waals surface area contributed by atoms with Gasteiger partial charge < -0.3 is 25.9 Å². The van der Waals surface area contributed by atoms with Crippen LogP contribution in [0.3, 0.4) is 0 Å². The number of H-pyrrole nitrogens is 1. The van der Waals surface area contributed by atoms with E-state index in [-0.39, 0.29) is 5.57 Å². The van der Waals surface area contributed by atoms with Gasteiger partial charge in [0, 0.05) is 55.0 Å². The molecule has 10 heteroatoms. The van der Waals surface area contributed by atoms with Crippen LogP contribution in [0.4, 0.5) is 10.8 Å².